The number of aliphatic hydroxyl groups is 2. The predicted octanol–water partition coefficient (Wildman–Crippen LogP) is 10.9. The summed E-state index contributed by atoms with van der Waals surface area (Å²) in [6.45, 7) is 8.09. The van der Waals surface area contributed by atoms with Gasteiger partial charge < -0.3 is 34.0 Å². The molecule has 3 aliphatic rings. The molecule has 1 fully saturated rings. The predicted molar refractivity (Wildman–Crippen MR) is 253 cm³/mol. The van der Waals surface area contributed by atoms with Crippen LogP contribution in [-0.4, -0.2) is 76.0 Å². The maximum atomic E-state index is 14.6. The number of hydrogen-bond donors (Lipinski definition) is 2. The molecule has 4 aromatic carbocycles. The van der Waals surface area contributed by atoms with Gasteiger partial charge in [0, 0.05) is 49.8 Å². The van der Waals surface area contributed by atoms with Gasteiger partial charge in [-0.15, -0.1) is 18.2 Å². The number of alkyl halides is 1. The van der Waals surface area contributed by atoms with Gasteiger partial charge in [-0.1, -0.05) is 48.3 Å². The number of ether oxygens (including phenoxy) is 4. The van der Waals surface area contributed by atoms with Crippen molar-refractivity contribution >= 4 is 29.1 Å². The molecule has 6 atom stereocenters. The van der Waals surface area contributed by atoms with Gasteiger partial charge in [-0.3, -0.25) is 15.0 Å². The van der Waals surface area contributed by atoms with E-state index >= 15 is 0 Å². The highest BCUT2D eigenvalue weighted by atomic mass is 35.5. The van der Waals surface area contributed by atoms with Gasteiger partial charge in [0.15, 0.2) is 0 Å². The Kier molecular flexibility index (Phi) is 16.7. The van der Waals surface area contributed by atoms with Crippen LogP contribution in [0.4, 0.5) is 14.9 Å². The Bertz CT molecular complexity index is 2410. The Morgan fingerprint density at radius 2 is 1.67 bits per heavy atom. The molecule has 15 heteroatoms. The van der Waals surface area contributed by atoms with Gasteiger partial charge >= 0.3 is 6.09 Å². The number of hydrogen-bond acceptors (Lipinski definition) is 11. The first-order chi connectivity index (χ1) is 32.5. The standard InChI is InChI=1S/C52H59ClFN3O10/c1-4-26-64-52-48(56(51(60)63-27-23-53)32-36-12-16-39(54)17-13-36)31-46(55-65-33-37-14-18-40(19-15-37)57(61)62)44-29-38(9-5-7-24-58)43(10-6-8-25-59)49(50(44)52)45-30-42(21-22-47(45)67-52)66-41-20-11-34(2)35(3)28-41/h4,11-22,28-30,38,43,48-50,58-59H,1,5-10,23-27,31-33H2,2-3H3. The van der Waals surface area contributed by atoms with Gasteiger partial charge in [0.05, 0.1) is 29.0 Å². The summed E-state index contributed by atoms with van der Waals surface area (Å²) in [6.07, 6.45) is 7.38. The van der Waals surface area contributed by atoms with Gasteiger partial charge in [0.25, 0.3) is 5.69 Å². The van der Waals surface area contributed by atoms with Crippen LogP contribution >= 0.6 is 11.6 Å². The summed E-state index contributed by atoms with van der Waals surface area (Å²) in [5.41, 5.74) is 5.66. The van der Waals surface area contributed by atoms with Gasteiger partial charge in [-0.2, -0.15) is 0 Å². The van der Waals surface area contributed by atoms with E-state index in [2.05, 4.69) is 12.7 Å². The Labute approximate surface area is 395 Å². The van der Waals surface area contributed by atoms with Crippen LogP contribution in [0.15, 0.2) is 114 Å². The second-order valence-electron chi connectivity index (χ2n) is 17.4. The van der Waals surface area contributed by atoms with Crippen molar-refractivity contribution in [3.8, 4) is 17.2 Å². The summed E-state index contributed by atoms with van der Waals surface area (Å²) in [5, 5.41) is 36.2. The highest BCUT2D eigenvalue weighted by Gasteiger charge is 2.65. The lowest BCUT2D eigenvalue weighted by molar-refractivity contribution is -0.384. The number of carbonyl (C=O) groups is 1. The smallest absolute Gasteiger partial charge is 0.410 e. The second-order valence-corrected chi connectivity index (χ2v) is 17.8. The minimum atomic E-state index is -1.60. The molecule has 0 radical (unpaired) electrons. The zero-order valence-corrected chi connectivity index (χ0v) is 38.7. The molecule has 1 heterocycles. The number of aliphatic hydroxyl groups excluding tert-OH is 2. The maximum Gasteiger partial charge on any atom is 0.410 e. The number of nitrogens with zero attached hydrogens (tertiary/aromatic N) is 3. The lowest BCUT2D eigenvalue weighted by atomic mass is 9.55. The minimum absolute atomic E-state index is 0.00900. The van der Waals surface area contributed by atoms with E-state index in [1.165, 1.54) is 24.3 Å². The van der Waals surface area contributed by atoms with E-state index < -0.39 is 34.6 Å². The van der Waals surface area contributed by atoms with Crippen molar-refractivity contribution in [3.05, 3.63) is 153 Å². The zero-order chi connectivity index (χ0) is 47.5. The molecule has 6 unspecified atom stereocenters. The number of fused-ring (bicyclic) bond motifs is 2. The summed E-state index contributed by atoms with van der Waals surface area (Å²) >= 11 is 6.09. The third-order valence-corrected chi connectivity index (χ3v) is 13.2. The summed E-state index contributed by atoms with van der Waals surface area (Å²) in [5.74, 6) is -1.24. The molecule has 4 aromatic rings. The van der Waals surface area contributed by atoms with Crippen LogP contribution in [0, 0.1) is 47.5 Å². The Morgan fingerprint density at radius 1 is 0.970 bits per heavy atom. The number of amides is 1. The quantitative estimate of drug-likeness (QED) is 0.0255. The average molecular weight is 941 g/mol. The van der Waals surface area contributed by atoms with Crippen molar-refractivity contribution in [1.82, 2.24) is 4.90 Å². The zero-order valence-electron chi connectivity index (χ0n) is 38.0. The highest BCUT2D eigenvalue weighted by Crippen LogP contribution is 2.62. The number of non-ortho nitro benzene ring substituents is 1. The molecule has 0 saturated heterocycles. The lowest BCUT2D eigenvalue weighted by Crippen LogP contribution is -2.70. The summed E-state index contributed by atoms with van der Waals surface area (Å²) < 4.78 is 41.1. The Morgan fingerprint density at radius 3 is 2.36 bits per heavy atom. The van der Waals surface area contributed by atoms with Crippen molar-refractivity contribution in [3.63, 3.8) is 0 Å². The fourth-order valence-electron chi connectivity index (χ4n) is 9.82. The Balaban J connectivity index is 1.45. The van der Waals surface area contributed by atoms with Gasteiger partial charge in [0.1, 0.15) is 42.3 Å². The van der Waals surface area contributed by atoms with E-state index in [9.17, 15) is 29.5 Å². The molecule has 2 N–H and O–H groups in total. The highest BCUT2D eigenvalue weighted by molar-refractivity contribution is 6.18. The molecule has 67 heavy (non-hydrogen) atoms. The average Bonchev–Trinajstić information content (AvgIpc) is 3.32. The van der Waals surface area contributed by atoms with Crippen molar-refractivity contribution in [2.45, 2.75) is 89.7 Å². The van der Waals surface area contributed by atoms with Crippen molar-refractivity contribution < 1.29 is 48.1 Å². The van der Waals surface area contributed by atoms with Gasteiger partial charge in [-0.05, 0) is 134 Å². The van der Waals surface area contributed by atoms with E-state index in [0.717, 1.165) is 47.9 Å². The molecule has 356 valence electrons. The number of carbonyl (C=O) groups excluding carboxylic acids is 1. The van der Waals surface area contributed by atoms with Gasteiger partial charge in [0.2, 0.25) is 5.79 Å². The van der Waals surface area contributed by atoms with E-state index in [1.807, 2.05) is 50.2 Å². The number of nitro groups is 1. The fourth-order valence-corrected chi connectivity index (χ4v) is 9.90. The molecule has 0 bridgehead atoms. The topological polar surface area (TPSA) is 162 Å². The molecular weight excluding hydrogens is 881 g/mol. The number of rotatable bonds is 22. The van der Waals surface area contributed by atoms with Crippen LogP contribution < -0.4 is 9.47 Å². The molecular formula is C52H59ClFN3O10. The largest absolute Gasteiger partial charge is 0.459 e. The van der Waals surface area contributed by atoms with Crippen LogP contribution in [0.2, 0.25) is 0 Å². The van der Waals surface area contributed by atoms with E-state index in [1.54, 1.807) is 35.2 Å². The fraction of sp³-hybridized carbons (Fsp3) is 0.423. The van der Waals surface area contributed by atoms with Crippen LogP contribution in [0.1, 0.15) is 78.7 Å². The number of allylic oxidation sites excluding steroid dienone is 1. The van der Waals surface area contributed by atoms with E-state index in [0.29, 0.717) is 46.9 Å². The van der Waals surface area contributed by atoms with Crippen LogP contribution in [0.5, 0.6) is 17.2 Å². The summed E-state index contributed by atoms with van der Waals surface area (Å²) in [6, 6.07) is 22.7. The number of aryl methyl sites for hydroxylation is 2. The molecule has 1 amide bonds. The number of unbranched alkanes of at least 4 members (excludes halogenated alkanes) is 2. The first-order valence-electron chi connectivity index (χ1n) is 22.9. The first-order valence-corrected chi connectivity index (χ1v) is 23.5. The van der Waals surface area contributed by atoms with Crippen LogP contribution in [0.25, 0.3) is 0 Å². The van der Waals surface area contributed by atoms with E-state index in [4.69, 9.17) is 40.5 Å². The SMILES string of the molecule is C=CCOC12Oc3ccc(Oc4ccc(C)c(C)c4)cc3C3C(CCCCO)C(CCCCO)C=C(C(=NOCc4ccc([N+](=O)[O-])cc4)CC1N(Cc1ccc(F)cc1)C(=O)OCCCl)C32. The number of halogens is 2. The van der Waals surface area contributed by atoms with E-state index in [-0.39, 0.29) is 75.3 Å². The number of oxime groups is 1. The molecule has 1 saturated carbocycles. The maximum absolute atomic E-state index is 14.6. The van der Waals surface area contributed by atoms with Gasteiger partial charge in [-0.25, -0.2) is 9.18 Å². The number of benzene rings is 4. The van der Waals surface area contributed by atoms with Crippen molar-refractivity contribution in [2.24, 2.45) is 22.9 Å². The minimum Gasteiger partial charge on any atom is -0.459 e. The third-order valence-electron chi connectivity index (χ3n) is 13.1. The van der Waals surface area contributed by atoms with Crippen molar-refractivity contribution in [2.75, 3.05) is 32.3 Å². The molecule has 1 aliphatic heterocycles. The van der Waals surface area contributed by atoms with Crippen molar-refractivity contribution in [1.29, 1.82) is 0 Å². The van der Waals surface area contributed by atoms with Crippen LogP contribution in [0.3, 0.4) is 0 Å². The third kappa shape index (κ3) is 11.3. The summed E-state index contributed by atoms with van der Waals surface area (Å²) in [7, 11) is 0. The normalized spacial score (nSPS) is 22.1. The lowest BCUT2D eigenvalue weighted by Gasteiger charge is -2.59. The monoisotopic (exact) mass is 939 g/mol. The van der Waals surface area contributed by atoms with Crippen LogP contribution in [-0.2, 0) is 27.5 Å². The molecule has 0 spiro atoms. The molecule has 2 aliphatic carbocycles. The summed E-state index contributed by atoms with van der Waals surface area (Å²) in [4.78, 5) is 33.2. The second kappa shape index (κ2) is 22.8. The molecule has 13 nitrogen and oxygen atoms in total. The molecule has 7 rings (SSSR count). The first kappa shape index (κ1) is 49.1. The molecule has 0 aromatic heterocycles. The number of nitro benzene ring substituents is 1. The Hall–Kier alpha value is -5.80.